The molecule has 1 nitrogen and oxygen atoms in total. The van der Waals surface area contributed by atoms with Gasteiger partial charge >= 0.3 is 0 Å². The Morgan fingerprint density at radius 1 is 0.778 bits per heavy atom. The molecule has 0 heterocycles. The molecule has 2 aromatic rings. The van der Waals surface area contributed by atoms with Crippen LogP contribution in [0, 0.1) is 20.8 Å². The summed E-state index contributed by atoms with van der Waals surface area (Å²) in [5.74, 6) is 0. The van der Waals surface area contributed by atoms with Gasteiger partial charge in [0.2, 0.25) is 0 Å². The lowest BCUT2D eigenvalue weighted by molar-refractivity contribution is 0.220. The van der Waals surface area contributed by atoms with Crippen LogP contribution in [0.2, 0.25) is 5.02 Å². The lowest BCUT2D eigenvalue weighted by Crippen LogP contribution is -2.01. The lowest BCUT2D eigenvalue weighted by Gasteiger charge is -2.14. The summed E-state index contributed by atoms with van der Waals surface area (Å²) in [6.45, 7) is 6.04. The Hall–Kier alpha value is -1.31. The number of hydrogen-bond donors (Lipinski definition) is 1. The van der Waals surface area contributed by atoms with E-state index in [2.05, 4.69) is 6.07 Å². The zero-order valence-corrected chi connectivity index (χ0v) is 11.6. The van der Waals surface area contributed by atoms with Crippen molar-refractivity contribution in [2.75, 3.05) is 0 Å². The quantitative estimate of drug-likeness (QED) is 0.851. The second-order valence-corrected chi connectivity index (χ2v) is 5.32. The predicted octanol–water partition coefficient (Wildman–Crippen LogP) is 4.35. The Morgan fingerprint density at radius 3 is 1.72 bits per heavy atom. The van der Waals surface area contributed by atoms with Crippen LogP contribution in [0.5, 0.6) is 0 Å². The van der Waals surface area contributed by atoms with Crippen molar-refractivity contribution in [3.8, 4) is 0 Å². The molecule has 0 saturated heterocycles. The highest BCUT2D eigenvalue weighted by Crippen LogP contribution is 2.27. The minimum Gasteiger partial charge on any atom is -0.384 e. The van der Waals surface area contributed by atoms with E-state index in [9.17, 15) is 5.11 Å². The molecule has 0 aliphatic rings. The normalized spacial score (nSPS) is 12.5. The van der Waals surface area contributed by atoms with E-state index < -0.39 is 6.10 Å². The Kier molecular flexibility index (Phi) is 3.74. The van der Waals surface area contributed by atoms with Gasteiger partial charge in [0.25, 0.3) is 0 Å². The Balaban J connectivity index is 2.43. The summed E-state index contributed by atoms with van der Waals surface area (Å²) in [5.41, 5.74) is 5.12. The number of hydrogen-bond acceptors (Lipinski definition) is 1. The molecule has 2 aromatic carbocycles. The highest BCUT2D eigenvalue weighted by atomic mass is 35.5. The van der Waals surface area contributed by atoms with E-state index >= 15 is 0 Å². The zero-order valence-electron chi connectivity index (χ0n) is 10.9. The average Bonchev–Trinajstić information content (AvgIpc) is 2.25. The van der Waals surface area contributed by atoms with Gasteiger partial charge in [0, 0.05) is 5.02 Å². The topological polar surface area (TPSA) is 20.2 Å². The van der Waals surface area contributed by atoms with Crippen LogP contribution < -0.4 is 0 Å². The molecule has 1 unspecified atom stereocenters. The maximum atomic E-state index is 10.4. The summed E-state index contributed by atoms with van der Waals surface area (Å²) in [6.07, 6.45) is -0.624. The molecule has 94 valence electrons. The monoisotopic (exact) mass is 260 g/mol. The Labute approximate surface area is 113 Å². The molecule has 2 heteroatoms. The van der Waals surface area contributed by atoms with Crippen LogP contribution >= 0.6 is 11.6 Å². The Morgan fingerprint density at radius 2 is 1.22 bits per heavy atom. The molecule has 18 heavy (non-hydrogen) atoms. The fourth-order valence-electron chi connectivity index (χ4n) is 2.28. The van der Waals surface area contributed by atoms with Gasteiger partial charge in [0.05, 0.1) is 0 Å². The molecule has 0 aliphatic carbocycles. The van der Waals surface area contributed by atoms with Crippen molar-refractivity contribution in [2.24, 2.45) is 0 Å². The van der Waals surface area contributed by atoms with Gasteiger partial charge in [-0.05, 0) is 49.6 Å². The summed E-state index contributed by atoms with van der Waals surface area (Å²) in [4.78, 5) is 0. The molecule has 0 saturated carbocycles. The first-order valence-corrected chi connectivity index (χ1v) is 6.37. The van der Waals surface area contributed by atoms with E-state index in [0.717, 1.165) is 27.8 Å². The van der Waals surface area contributed by atoms with Gasteiger partial charge in [-0.3, -0.25) is 0 Å². The maximum absolute atomic E-state index is 10.4. The van der Waals surface area contributed by atoms with Crippen molar-refractivity contribution < 1.29 is 5.11 Å². The predicted molar refractivity (Wildman–Crippen MR) is 76.2 cm³/mol. The Bertz CT molecular complexity index is 483. The molecule has 0 fully saturated rings. The van der Waals surface area contributed by atoms with Crippen molar-refractivity contribution >= 4 is 11.6 Å². The minimum absolute atomic E-state index is 0.624. The van der Waals surface area contributed by atoms with Crippen molar-refractivity contribution in [3.05, 3.63) is 69.2 Å². The van der Waals surface area contributed by atoms with Gasteiger partial charge < -0.3 is 5.11 Å². The summed E-state index contributed by atoms with van der Waals surface area (Å²) < 4.78 is 0. The van der Waals surface area contributed by atoms with Crippen LogP contribution in [0.3, 0.4) is 0 Å². The van der Waals surface area contributed by atoms with Gasteiger partial charge in [0.15, 0.2) is 0 Å². The first kappa shape index (κ1) is 13.1. The van der Waals surface area contributed by atoms with Gasteiger partial charge in [-0.1, -0.05) is 47.0 Å². The third kappa shape index (κ3) is 2.92. The van der Waals surface area contributed by atoms with Crippen molar-refractivity contribution in [2.45, 2.75) is 26.9 Å². The molecule has 1 N–H and O–H groups in total. The first-order chi connectivity index (χ1) is 8.45. The molecular weight excluding hydrogens is 244 g/mol. The molecule has 0 spiro atoms. The standard InChI is InChI=1S/C16H17ClO/c1-10-4-11(2)6-13(5-10)16(18)14-7-12(3)8-15(17)9-14/h4-9,16,18H,1-3H3. The fourth-order valence-corrected chi connectivity index (χ4v) is 2.58. The highest BCUT2D eigenvalue weighted by Gasteiger charge is 2.12. The van der Waals surface area contributed by atoms with E-state index in [1.165, 1.54) is 0 Å². The third-order valence-corrected chi connectivity index (χ3v) is 3.16. The smallest absolute Gasteiger partial charge is 0.104 e. The number of aliphatic hydroxyl groups is 1. The third-order valence-electron chi connectivity index (χ3n) is 2.94. The maximum Gasteiger partial charge on any atom is 0.104 e. The van der Waals surface area contributed by atoms with Gasteiger partial charge in [-0.2, -0.15) is 0 Å². The summed E-state index contributed by atoms with van der Waals surface area (Å²) >= 11 is 6.03. The highest BCUT2D eigenvalue weighted by molar-refractivity contribution is 6.30. The SMILES string of the molecule is Cc1cc(C)cc(C(O)c2cc(C)cc(Cl)c2)c1. The van der Waals surface area contributed by atoms with Crippen LogP contribution in [0.15, 0.2) is 36.4 Å². The van der Waals surface area contributed by atoms with Crippen LogP contribution in [-0.4, -0.2) is 5.11 Å². The second kappa shape index (κ2) is 5.13. The molecule has 0 amide bonds. The number of halogens is 1. The zero-order chi connectivity index (χ0) is 13.3. The number of benzene rings is 2. The summed E-state index contributed by atoms with van der Waals surface area (Å²) in [6, 6.07) is 11.8. The second-order valence-electron chi connectivity index (χ2n) is 4.89. The molecule has 1 atom stereocenters. The fraction of sp³-hybridized carbons (Fsp3) is 0.250. The van der Waals surface area contributed by atoms with Gasteiger partial charge in [0.1, 0.15) is 6.10 Å². The largest absolute Gasteiger partial charge is 0.384 e. The molecule has 2 rings (SSSR count). The van der Waals surface area contributed by atoms with Crippen LogP contribution in [0.4, 0.5) is 0 Å². The molecule has 0 aliphatic heterocycles. The number of rotatable bonds is 2. The van der Waals surface area contributed by atoms with Crippen LogP contribution in [-0.2, 0) is 0 Å². The first-order valence-electron chi connectivity index (χ1n) is 5.99. The van der Waals surface area contributed by atoms with Crippen molar-refractivity contribution in [1.29, 1.82) is 0 Å². The lowest BCUT2D eigenvalue weighted by atomic mass is 9.97. The van der Waals surface area contributed by atoms with Crippen LogP contribution in [0.1, 0.15) is 33.9 Å². The molecule has 0 radical (unpaired) electrons. The minimum atomic E-state index is -0.624. The molecule has 0 aromatic heterocycles. The summed E-state index contributed by atoms with van der Waals surface area (Å²) in [7, 11) is 0. The number of aryl methyl sites for hydroxylation is 3. The van der Waals surface area contributed by atoms with E-state index in [1.54, 1.807) is 0 Å². The van der Waals surface area contributed by atoms with E-state index in [0.29, 0.717) is 5.02 Å². The molecule has 0 bridgehead atoms. The average molecular weight is 261 g/mol. The van der Waals surface area contributed by atoms with Gasteiger partial charge in [-0.25, -0.2) is 0 Å². The van der Waals surface area contributed by atoms with Crippen molar-refractivity contribution in [1.82, 2.24) is 0 Å². The van der Waals surface area contributed by atoms with E-state index in [1.807, 2.05) is 51.1 Å². The van der Waals surface area contributed by atoms with Gasteiger partial charge in [-0.15, -0.1) is 0 Å². The number of aliphatic hydroxyl groups excluding tert-OH is 1. The van der Waals surface area contributed by atoms with Crippen molar-refractivity contribution in [3.63, 3.8) is 0 Å². The van der Waals surface area contributed by atoms with Crippen LogP contribution in [0.25, 0.3) is 0 Å². The molecular formula is C16H17ClO. The summed E-state index contributed by atoms with van der Waals surface area (Å²) in [5, 5.41) is 11.1. The van der Waals surface area contributed by atoms with E-state index in [4.69, 9.17) is 11.6 Å². The van der Waals surface area contributed by atoms with E-state index in [-0.39, 0.29) is 0 Å².